The molecule has 1 N–H and O–H groups in total. The molecule has 0 fully saturated rings. The van der Waals surface area contributed by atoms with Gasteiger partial charge in [0.25, 0.3) is 0 Å². The molecule has 78 valence electrons. The van der Waals surface area contributed by atoms with Gasteiger partial charge in [0.1, 0.15) is 0 Å². The fraction of sp³-hybridized carbons (Fsp3) is 0.250. The first-order chi connectivity index (χ1) is 7.09. The van der Waals surface area contributed by atoms with E-state index in [4.69, 9.17) is 0 Å². The summed E-state index contributed by atoms with van der Waals surface area (Å²) in [7, 11) is 3.98. The maximum absolute atomic E-state index is 11.3. The molecule has 1 heterocycles. The van der Waals surface area contributed by atoms with Gasteiger partial charge in [-0.25, -0.2) is 0 Å². The Bertz CT molecular complexity index is 511. The lowest BCUT2D eigenvalue weighted by Gasteiger charge is -2.12. The first kappa shape index (κ1) is 9.77. The van der Waals surface area contributed by atoms with Gasteiger partial charge in [0, 0.05) is 26.4 Å². The van der Waals surface area contributed by atoms with E-state index >= 15 is 0 Å². The molecule has 0 bridgehead atoms. The van der Waals surface area contributed by atoms with E-state index in [-0.39, 0.29) is 5.78 Å². The topological polar surface area (TPSA) is 36.1 Å². The van der Waals surface area contributed by atoms with E-state index in [1.54, 1.807) is 6.92 Å². The van der Waals surface area contributed by atoms with Crippen LogP contribution in [0.5, 0.6) is 0 Å². The van der Waals surface area contributed by atoms with E-state index in [1.165, 1.54) is 0 Å². The van der Waals surface area contributed by atoms with Crippen molar-refractivity contribution < 1.29 is 4.79 Å². The van der Waals surface area contributed by atoms with Gasteiger partial charge in [0.2, 0.25) is 0 Å². The number of nitrogens with one attached hydrogen (secondary N) is 1. The molecule has 15 heavy (non-hydrogen) atoms. The molecule has 1 aromatic carbocycles. The fourth-order valence-electron chi connectivity index (χ4n) is 1.70. The Kier molecular flexibility index (Phi) is 2.23. The Hall–Kier alpha value is -1.77. The van der Waals surface area contributed by atoms with E-state index in [2.05, 4.69) is 4.98 Å². The standard InChI is InChI=1S/C12H14N2O/c1-8(15)10-7-9-5-4-6-11(14(2)3)12(9)13-10/h4-7,13H,1-3H3. The molecule has 0 unspecified atom stereocenters. The number of para-hydroxylation sites is 1. The Morgan fingerprint density at radius 1 is 1.33 bits per heavy atom. The van der Waals surface area contributed by atoms with Crippen molar-refractivity contribution in [3.63, 3.8) is 0 Å². The van der Waals surface area contributed by atoms with Crippen LogP contribution in [0.25, 0.3) is 10.9 Å². The van der Waals surface area contributed by atoms with Crippen LogP contribution in [0, 0.1) is 0 Å². The lowest BCUT2D eigenvalue weighted by molar-refractivity contribution is 0.101. The van der Waals surface area contributed by atoms with Crippen LogP contribution >= 0.6 is 0 Å². The predicted octanol–water partition coefficient (Wildman–Crippen LogP) is 2.44. The van der Waals surface area contributed by atoms with E-state index in [0.717, 1.165) is 16.6 Å². The van der Waals surface area contributed by atoms with E-state index in [9.17, 15) is 4.79 Å². The molecule has 3 nitrogen and oxygen atoms in total. The zero-order chi connectivity index (χ0) is 11.0. The summed E-state index contributed by atoms with van der Waals surface area (Å²) in [6.07, 6.45) is 0. The van der Waals surface area contributed by atoms with Crippen LogP contribution in [0.3, 0.4) is 0 Å². The summed E-state index contributed by atoms with van der Waals surface area (Å²) >= 11 is 0. The molecule has 0 aliphatic rings. The quantitative estimate of drug-likeness (QED) is 0.759. The van der Waals surface area contributed by atoms with Crippen molar-refractivity contribution >= 4 is 22.4 Å². The molecular formula is C12H14N2O. The summed E-state index contributed by atoms with van der Waals surface area (Å²) in [5.41, 5.74) is 2.78. The van der Waals surface area contributed by atoms with Crippen LogP contribution in [-0.4, -0.2) is 24.9 Å². The zero-order valence-electron chi connectivity index (χ0n) is 9.16. The highest BCUT2D eigenvalue weighted by Crippen LogP contribution is 2.25. The number of anilines is 1. The van der Waals surface area contributed by atoms with Crippen LogP contribution in [-0.2, 0) is 0 Å². The Balaban J connectivity index is 2.69. The van der Waals surface area contributed by atoms with Gasteiger partial charge in [-0.15, -0.1) is 0 Å². The number of Topliss-reactive ketones (excluding diaryl/α,β-unsaturated/α-hetero) is 1. The van der Waals surface area contributed by atoms with E-state index in [1.807, 2.05) is 43.3 Å². The van der Waals surface area contributed by atoms with Gasteiger partial charge in [0.15, 0.2) is 5.78 Å². The smallest absolute Gasteiger partial charge is 0.175 e. The third-order valence-electron chi connectivity index (χ3n) is 2.50. The summed E-state index contributed by atoms with van der Waals surface area (Å²) in [5.74, 6) is 0.0657. The summed E-state index contributed by atoms with van der Waals surface area (Å²) in [4.78, 5) is 16.4. The molecular weight excluding hydrogens is 188 g/mol. The monoisotopic (exact) mass is 202 g/mol. The van der Waals surface area contributed by atoms with Crippen LogP contribution in [0.1, 0.15) is 17.4 Å². The Labute approximate surface area is 88.7 Å². The number of carbonyl (C=O) groups excluding carboxylic acids is 1. The number of benzene rings is 1. The first-order valence-electron chi connectivity index (χ1n) is 4.89. The van der Waals surface area contributed by atoms with Crippen LogP contribution in [0.2, 0.25) is 0 Å². The van der Waals surface area contributed by atoms with Crippen molar-refractivity contribution in [1.29, 1.82) is 0 Å². The van der Waals surface area contributed by atoms with Gasteiger partial charge >= 0.3 is 0 Å². The van der Waals surface area contributed by atoms with Gasteiger partial charge < -0.3 is 9.88 Å². The van der Waals surface area contributed by atoms with Gasteiger partial charge in [-0.05, 0) is 12.1 Å². The number of aromatic amines is 1. The van der Waals surface area contributed by atoms with Crippen LogP contribution in [0.4, 0.5) is 5.69 Å². The molecule has 0 spiro atoms. The Morgan fingerprint density at radius 2 is 2.07 bits per heavy atom. The number of H-pyrrole nitrogens is 1. The number of fused-ring (bicyclic) bond motifs is 1. The number of ketones is 1. The van der Waals surface area contributed by atoms with Crippen molar-refractivity contribution in [2.45, 2.75) is 6.92 Å². The van der Waals surface area contributed by atoms with Crippen molar-refractivity contribution in [3.8, 4) is 0 Å². The van der Waals surface area contributed by atoms with E-state index < -0.39 is 0 Å². The molecule has 1 aromatic heterocycles. The van der Waals surface area contributed by atoms with Gasteiger partial charge in [-0.3, -0.25) is 4.79 Å². The number of hydrogen-bond acceptors (Lipinski definition) is 2. The third-order valence-corrected chi connectivity index (χ3v) is 2.50. The summed E-state index contributed by atoms with van der Waals surface area (Å²) in [6, 6.07) is 7.92. The third kappa shape index (κ3) is 1.61. The molecule has 0 radical (unpaired) electrons. The highest BCUT2D eigenvalue weighted by Gasteiger charge is 2.08. The first-order valence-corrected chi connectivity index (χ1v) is 4.89. The molecule has 0 amide bonds. The number of nitrogens with zero attached hydrogens (tertiary/aromatic N) is 1. The van der Waals surface area contributed by atoms with Gasteiger partial charge in [-0.1, -0.05) is 12.1 Å². The number of aromatic nitrogens is 1. The van der Waals surface area contributed by atoms with Crippen LogP contribution < -0.4 is 4.90 Å². The minimum Gasteiger partial charge on any atom is -0.376 e. The molecule has 0 aliphatic heterocycles. The summed E-state index contributed by atoms with van der Waals surface area (Å²) in [5, 5.41) is 1.08. The normalized spacial score (nSPS) is 10.6. The second kappa shape index (κ2) is 3.42. The SMILES string of the molecule is CC(=O)c1cc2cccc(N(C)C)c2[nH]1. The van der Waals surface area contributed by atoms with Gasteiger partial charge in [-0.2, -0.15) is 0 Å². The lowest BCUT2D eigenvalue weighted by Crippen LogP contribution is -2.08. The molecule has 2 aromatic rings. The highest BCUT2D eigenvalue weighted by atomic mass is 16.1. The van der Waals surface area contributed by atoms with E-state index in [0.29, 0.717) is 5.69 Å². The highest BCUT2D eigenvalue weighted by molar-refractivity contribution is 6.01. The van der Waals surface area contributed by atoms with Crippen molar-refractivity contribution in [3.05, 3.63) is 30.0 Å². The molecule has 0 saturated heterocycles. The lowest BCUT2D eigenvalue weighted by atomic mass is 10.2. The Morgan fingerprint density at radius 3 is 2.67 bits per heavy atom. The van der Waals surface area contributed by atoms with Crippen molar-refractivity contribution in [1.82, 2.24) is 4.98 Å². The van der Waals surface area contributed by atoms with Gasteiger partial charge in [0.05, 0.1) is 16.9 Å². The predicted molar refractivity (Wildman–Crippen MR) is 62.6 cm³/mol. The van der Waals surface area contributed by atoms with Crippen LogP contribution in [0.15, 0.2) is 24.3 Å². The molecule has 0 atom stereocenters. The van der Waals surface area contributed by atoms with Crippen molar-refractivity contribution in [2.75, 3.05) is 19.0 Å². The maximum atomic E-state index is 11.3. The minimum absolute atomic E-state index is 0.0657. The number of rotatable bonds is 2. The molecule has 0 aliphatic carbocycles. The average molecular weight is 202 g/mol. The molecule has 0 saturated carbocycles. The number of hydrogen-bond donors (Lipinski definition) is 1. The second-order valence-corrected chi connectivity index (χ2v) is 3.87. The maximum Gasteiger partial charge on any atom is 0.175 e. The second-order valence-electron chi connectivity index (χ2n) is 3.87. The minimum atomic E-state index is 0.0657. The largest absolute Gasteiger partial charge is 0.376 e. The fourth-order valence-corrected chi connectivity index (χ4v) is 1.70. The average Bonchev–Trinajstić information content (AvgIpc) is 2.60. The molecule has 3 heteroatoms. The summed E-state index contributed by atoms with van der Waals surface area (Å²) < 4.78 is 0. The number of carbonyl (C=O) groups is 1. The summed E-state index contributed by atoms with van der Waals surface area (Å²) in [6.45, 7) is 1.57. The molecule has 2 rings (SSSR count). The van der Waals surface area contributed by atoms with Crippen molar-refractivity contribution in [2.24, 2.45) is 0 Å². The zero-order valence-corrected chi connectivity index (χ0v) is 9.16.